The molecular formula is C9H15N5O. The second-order valence-corrected chi connectivity index (χ2v) is 3.98. The van der Waals surface area contributed by atoms with Crippen molar-refractivity contribution in [2.75, 3.05) is 6.61 Å². The van der Waals surface area contributed by atoms with Gasteiger partial charge in [-0.3, -0.25) is 5.41 Å². The van der Waals surface area contributed by atoms with Crippen LogP contribution in [0.4, 0.5) is 0 Å². The summed E-state index contributed by atoms with van der Waals surface area (Å²) >= 11 is 0. The summed E-state index contributed by atoms with van der Waals surface area (Å²) in [5.74, 6) is 0.549. The van der Waals surface area contributed by atoms with Gasteiger partial charge in [0.25, 0.3) is 0 Å². The molecule has 0 saturated heterocycles. The molecule has 0 spiro atoms. The van der Waals surface area contributed by atoms with Crippen molar-refractivity contribution in [2.45, 2.75) is 25.3 Å². The molecular weight excluding hydrogens is 194 g/mol. The van der Waals surface area contributed by atoms with Gasteiger partial charge in [-0.2, -0.15) is 0 Å². The number of hydrogen-bond donors (Lipinski definition) is 3. The van der Waals surface area contributed by atoms with Crippen molar-refractivity contribution in [3.63, 3.8) is 0 Å². The number of rotatable bonds is 3. The van der Waals surface area contributed by atoms with Crippen LogP contribution in [0.25, 0.3) is 0 Å². The molecule has 1 heterocycles. The largest absolute Gasteiger partial charge is 0.396 e. The van der Waals surface area contributed by atoms with Gasteiger partial charge in [-0.25, -0.2) is 9.67 Å². The van der Waals surface area contributed by atoms with E-state index in [1.165, 1.54) is 0 Å². The van der Waals surface area contributed by atoms with E-state index in [1.54, 1.807) is 11.0 Å². The molecule has 1 aromatic rings. The third-order valence-corrected chi connectivity index (χ3v) is 2.90. The second-order valence-electron chi connectivity index (χ2n) is 3.98. The van der Waals surface area contributed by atoms with Crippen LogP contribution in [0.2, 0.25) is 0 Å². The summed E-state index contributed by atoms with van der Waals surface area (Å²) in [7, 11) is 0. The molecule has 1 aromatic heterocycles. The number of hydrogen-bond acceptors (Lipinski definition) is 4. The van der Waals surface area contributed by atoms with Gasteiger partial charge in [-0.15, -0.1) is 5.10 Å². The molecule has 1 aliphatic carbocycles. The zero-order valence-electron chi connectivity index (χ0n) is 8.43. The minimum absolute atomic E-state index is 0.106. The summed E-state index contributed by atoms with van der Waals surface area (Å²) < 4.78 is 1.76. The number of aliphatic hydroxyl groups excluding tert-OH is 1. The average Bonchev–Trinajstić information content (AvgIpc) is 2.86. The lowest BCUT2D eigenvalue weighted by atomic mass is 10.1. The number of nitrogens with two attached hydrogens (primary N) is 1. The minimum Gasteiger partial charge on any atom is -0.396 e. The third-order valence-electron chi connectivity index (χ3n) is 2.90. The Hall–Kier alpha value is -1.43. The molecule has 0 amide bonds. The highest BCUT2D eigenvalue weighted by atomic mass is 16.3. The summed E-state index contributed by atoms with van der Waals surface area (Å²) in [5, 5.41) is 20.4. The Bertz CT molecular complexity index is 361. The topological polar surface area (TPSA) is 101 Å². The van der Waals surface area contributed by atoms with E-state index in [0.717, 1.165) is 19.3 Å². The second kappa shape index (κ2) is 3.98. The number of aliphatic hydroxyl groups is 1. The summed E-state index contributed by atoms with van der Waals surface area (Å²) in [4.78, 5) is 3.95. The number of nitrogen functional groups attached to an aromatic ring is 1. The van der Waals surface area contributed by atoms with Crippen LogP contribution in [0, 0.1) is 11.3 Å². The zero-order valence-corrected chi connectivity index (χ0v) is 8.43. The van der Waals surface area contributed by atoms with Crippen LogP contribution in [0.1, 0.15) is 31.1 Å². The molecule has 0 bridgehead atoms. The molecule has 6 heteroatoms. The number of aromatic nitrogens is 3. The molecule has 15 heavy (non-hydrogen) atoms. The predicted molar refractivity (Wildman–Crippen MR) is 54.5 cm³/mol. The molecule has 0 aliphatic heterocycles. The van der Waals surface area contributed by atoms with E-state index in [-0.39, 0.29) is 18.3 Å². The van der Waals surface area contributed by atoms with Crippen molar-refractivity contribution < 1.29 is 5.11 Å². The van der Waals surface area contributed by atoms with Crippen molar-refractivity contribution in [1.29, 1.82) is 5.41 Å². The lowest BCUT2D eigenvalue weighted by Gasteiger charge is -2.09. The summed E-state index contributed by atoms with van der Waals surface area (Å²) in [6.45, 7) is 0.241. The van der Waals surface area contributed by atoms with Gasteiger partial charge in [0.15, 0.2) is 5.84 Å². The first-order valence-corrected chi connectivity index (χ1v) is 5.07. The molecule has 1 aliphatic rings. The van der Waals surface area contributed by atoms with Crippen molar-refractivity contribution in [1.82, 2.24) is 14.8 Å². The van der Waals surface area contributed by atoms with Crippen LogP contribution in [0.5, 0.6) is 0 Å². The Balaban J connectivity index is 2.07. The highest BCUT2D eigenvalue weighted by molar-refractivity contribution is 5.90. The van der Waals surface area contributed by atoms with Gasteiger partial charge in [0, 0.05) is 6.61 Å². The molecule has 2 rings (SSSR count). The number of nitrogens with one attached hydrogen (secondary N) is 1. The maximum Gasteiger partial charge on any atom is 0.215 e. The predicted octanol–water partition coefficient (Wildman–Crippen LogP) is -0.104. The first-order valence-electron chi connectivity index (χ1n) is 5.07. The highest BCUT2D eigenvalue weighted by Crippen LogP contribution is 2.33. The molecule has 1 saturated carbocycles. The molecule has 2 unspecified atom stereocenters. The maximum atomic E-state index is 9.02. The highest BCUT2D eigenvalue weighted by Gasteiger charge is 2.26. The van der Waals surface area contributed by atoms with Gasteiger partial charge in [0.05, 0.1) is 6.04 Å². The van der Waals surface area contributed by atoms with Gasteiger partial charge in [-0.1, -0.05) is 0 Å². The molecule has 1 fully saturated rings. The van der Waals surface area contributed by atoms with Crippen LogP contribution >= 0.6 is 0 Å². The lowest BCUT2D eigenvalue weighted by molar-refractivity contribution is 0.225. The summed E-state index contributed by atoms with van der Waals surface area (Å²) in [6, 6.07) is 0.294. The number of nitrogens with zero attached hydrogens (tertiary/aromatic N) is 3. The number of amidine groups is 1. The first-order chi connectivity index (χ1) is 7.20. The van der Waals surface area contributed by atoms with Crippen molar-refractivity contribution >= 4 is 5.84 Å². The smallest absolute Gasteiger partial charge is 0.215 e. The van der Waals surface area contributed by atoms with Gasteiger partial charge in [0.2, 0.25) is 5.82 Å². The zero-order chi connectivity index (χ0) is 10.8. The van der Waals surface area contributed by atoms with E-state index in [0.29, 0.717) is 12.0 Å². The standard InChI is InChI=1S/C9H15N5O/c10-8(11)9-12-5-14(13-9)7-2-1-6(3-7)4-15/h5-7,15H,1-4H2,(H3,10,11). The maximum absolute atomic E-state index is 9.02. The van der Waals surface area contributed by atoms with E-state index in [4.69, 9.17) is 16.2 Å². The molecule has 0 aromatic carbocycles. The fourth-order valence-corrected chi connectivity index (χ4v) is 2.03. The van der Waals surface area contributed by atoms with Crippen molar-refractivity contribution in [2.24, 2.45) is 11.7 Å². The molecule has 2 atom stereocenters. The Morgan fingerprint density at radius 1 is 1.67 bits per heavy atom. The van der Waals surface area contributed by atoms with Gasteiger partial charge < -0.3 is 10.8 Å². The Labute approximate surface area is 87.6 Å². The Morgan fingerprint density at radius 2 is 2.47 bits per heavy atom. The van der Waals surface area contributed by atoms with E-state index in [9.17, 15) is 0 Å². The van der Waals surface area contributed by atoms with Crippen LogP contribution in [-0.2, 0) is 0 Å². The van der Waals surface area contributed by atoms with Crippen LogP contribution in [0.3, 0.4) is 0 Å². The van der Waals surface area contributed by atoms with E-state index >= 15 is 0 Å². The van der Waals surface area contributed by atoms with Gasteiger partial charge >= 0.3 is 0 Å². The molecule has 6 nitrogen and oxygen atoms in total. The third kappa shape index (κ3) is 1.99. The molecule has 0 radical (unpaired) electrons. The van der Waals surface area contributed by atoms with Crippen LogP contribution < -0.4 is 5.73 Å². The average molecular weight is 209 g/mol. The summed E-state index contributed by atoms with van der Waals surface area (Å²) in [6.07, 6.45) is 4.57. The molecule has 4 N–H and O–H groups in total. The van der Waals surface area contributed by atoms with E-state index < -0.39 is 0 Å². The van der Waals surface area contributed by atoms with Crippen LogP contribution in [0.15, 0.2) is 6.33 Å². The Morgan fingerprint density at radius 3 is 3.00 bits per heavy atom. The minimum atomic E-state index is -0.106. The Kier molecular flexibility index (Phi) is 2.68. The lowest BCUT2D eigenvalue weighted by Crippen LogP contribution is -2.15. The SMILES string of the molecule is N=C(N)c1ncn(C2CCC(CO)C2)n1. The van der Waals surface area contributed by atoms with Crippen molar-refractivity contribution in [3.05, 3.63) is 12.2 Å². The van der Waals surface area contributed by atoms with Crippen LogP contribution in [-0.4, -0.2) is 32.3 Å². The summed E-state index contributed by atoms with van der Waals surface area (Å²) in [5.41, 5.74) is 5.28. The van der Waals surface area contributed by atoms with E-state index in [2.05, 4.69) is 10.1 Å². The quantitative estimate of drug-likeness (QED) is 0.477. The van der Waals surface area contributed by atoms with Gasteiger partial charge in [-0.05, 0) is 25.2 Å². The first kappa shape index (κ1) is 10.1. The van der Waals surface area contributed by atoms with Gasteiger partial charge in [0.1, 0.15) is 6.33 Å². The molecule has 82 valence electrons. The fraction of sp³-hybridized carbons (Fsp3) is 0.667. The van der Waals surface area contributed by atoms with Crippen molar-refractivity contribution in [3.8, 4) is 0 Å². The normalized spacial score (nSPS) is 25.7. The monoisotopic (exact) mass is 209 g/mol. The van der Waals surface area contributed by atoms with E-state index in [1.807, 2.05) is 0 Å². The fourth-order valence-electron chi connectivity index (χ4n) is 2.03.